The van der Waals surface area contributed by atoms with Gasteiger partial charge in [0, 0.05) is 13.0 Å². The lowest BCUT2D eigenvalue weighted by molar-refractivity contribution is -0.121. The van der Waals surface area contributed by atoms with Gasteiger partial charge in [0.25, 0.3) is 0 Å². The second kappa shape index (κ2) is 7.65. The fraction of sp³-hybridized carbons (Fsp3) is 0.462. The van der Waals surface area contributed by atoms with Crippen LogP contribution in [0.25, 0.3) is 0 Å². The molecule has 1 N–H and O–H groups in total. The maximum absolute atomic E-state index is 12.6. The molecule has 0 aliphatic rings. The first-order valence-corrected chi connectivity index (χ1v) is 5.87. The third kappa shape index (κ3) is 5.90. The van der Waals surface area contributed by atoms with Gasteiger partial charge in [-0.25, -0.2) is 4.39 Å². The molecule has 0 aliphatic carbocycles. The molecule has 0 heterocycles. The number of hydrogen-bond donors (Lipinski definition) is 1. The maximum atomic E-state index is 12.6. The van der Waals surface area contributed by atoms with E-state index in [2.05, 4.69) is 5.32 Å². The summed E-state index contributed by atoms with van der Waals surface area (Å²) >= 11 is 0. The largest absolute Gasteiger partial charge is 0.494 e. The average Bonchev–Trinajstić information content (AvgIpc) is 2.31. The molecule has 4 heteroatoms. The predicted octanol–water partition coefficient (Wildman–Crippen LogP) is 2.51. The van der Waals surface area contributed by atoms with Crippen LogP contribution in [-0.2, 0) is 4.79 Å². The second-order valence-electron chi connectivity index (χ2n) is 3.76. The molecule has 0 aromatic heterocycles. The van der Waals surface area contributed by atoms with Crippen LogP contribution in [0.5, 0.6) is 5.75 Å². The van der Waals surface area contributed by atoms with Crippen LogP contribution < -0.4 is 10.1 Å². The number of carbonyl (C=O) groups is 1. The van der Waals surface area contributed by atoms with Crippen LogP contribution in [0.4, 0.5) is 4.39 Å². The molecule has 1 amide bonds. The third-order valence-corrected chi connectivity index (χ3v) is 2.20. The van der Waals surface area contributed by atoms with E-state index in [4.69, 9.17) is 4.74 Å². The third-order valence-electron chi connectivity index (χ3n) is 2.20. The van der Waals surface area contributed by atoms with Gasteiger partial charge in [-0.05, 0) is 37.1 Å². The summed E-state index contributed by atoms with van der Waals surface area (Å²) in [5.41, 5.74) is 0. The Labute approximate surface area is 101 Å². The Balaban J connectivity index is 2.08. The predicted molar refractivity (Wildman–Crippen MR) is 64.4 cm³/mol. The van der Waals surface area contributed by atoms with Crippen molar-refractivity contribution >= 4 is 5.91 Å². The van der Waals surface area contributed by atoms with Gasteiger partial charge in [0.2, 0.25) is 5.91 Å². The summed E-state index contributed by atoms with van der Waals surface area (Å²) < 4.78 is 18.0. The highest BCUT2D eigenvalue weighted by Crippen LogP contribution is 2.10. The summed E-state index contributed by atoms with van der Waals surface area (Å²) in [6, 6.07) is 5.90. The van der Waals surface area contributed by atoms with Gasteiger partial charge >= 0.3 is 0 Å². The van der Waals surface area contributed by atoms with E-state index in [-0.39, 0.29) is 11.7 Å². The van der Waals surface area contributed by atoms with Crippen LogP contribution >= 0.6 is 0 Å². The lowest BCUT2D eigenvalue weighted by atomic mass is 10.3. The van der Waals surface area contributed by atoms with Crippen molar-refractivity contribution in [1.82, 2.24) is 5.32 Å². The van der Waals surface area contributed by atoms with Gasteiger partial charge in [0.1, 0.15) is 11.6 Å². The van der Waals surface area contributed by atoms with E-state index in [1.165, 1.54) is 12.1 Å². The van der Waals surface area contributed by atoms with Crippen molar-refractivity contribution in [2.45, 2.75) is 26.2 Å². The van der Waals surface area contributed by atoms with E-state index >= 15 is 0 Å². The Morgan fingerprint density at radius 3 is 2.71 bits per heavy atom. The molecule has 0 bridgehead atoms. The van der Waals surface area contributed by atoms with Crippen molar-refractivity contribution in [3.8, 4) is 5.75 Å². The molecule has 0 saturated carbocycles. The minimum absolute atomic E-state index is 0.0780. The van der Waals surface area contributed by atoms with E-state index in [1.807, 2.05) is 6.92 Å². The Morgan fingerprint density at radius 2 is 2.06 bits per heavy atom. The molecule has 0 spiro atoms. The zero-order chi connectivity index (χ0) is 12.5. The number of halogens is 1. The van der Waals surface area contributed by atoms with Gasteiger partial charge in [0.15, 0.2) is 0 Å². The molecule has 0 atom stereocenters. The van der Waals surface area contributed by atoms with Crippen molar-refractivity contribution in [3.05, 3.63) is 30.1 Å². The summed E-state index contributed by atoms with van der Waals surface area (Å²) in [6.07, 6.45) is 2.17. The van der Waals surface area contributed by atoms with Gasteiger partial charge in [-0.15, -0.1) is 0 Å². The SMILES string of the molecule is CCCC(=O)NCCCOc1ccc(F)cc1. The lowest BCUT2D eigenvalue weighted by Crippen LogP contribution is -2.24. The van der Waals surface area contributed by atoms with Crippen molar-refractivity contribution in [2.75, 3.05) is 13.2 Å². The topological polar surface area (TPSA) is 38.3 Å². The summed E-state index contributed by atoms with van der Waals surface area (Å²) in [7, 11) is 0. The monoisotopic (exact) mass is 239 g/mol. The molecule has 1 rings (SSSR count). The second-order valence-corrected chi connectivity index (χ2v) is 3.76. The Hall–Kier alpha value is -1.58. The van der Waals surface area contributed by atoms with E-state index in [0.717, 1.165) is 12.8 Å². The minimum atomic E-state index is -0.274. The van der Waals surface area contributed by atoms with Crippen LogP contribution in [0.3, 0.4) is 0 Å². The maximum Gasteiger partial charge on any atom is 0.219 e. The fourth-order valence-corrected chi connectivity index (χ4v) is 1.34. The number of amides is 1. The van der Waals surface area contributed by atoms with Crippen molar-refractivity contribution in [1.29, 1.82) is 0 Å². The Bertz CT molecular complexity index is 338. The smallest absolute Gasteiger partial charge is 0.219 e. The molecule has 0 fully saturated rings. The summed E-state index contributed by atoms with van der Waals surface area (Å²) in [6.45, 7) is 3.09. The van der Waals surface area contributed by atoms with Gasteiger partial charge in [-0.2, -0.15) is 0 Å². The molecule has 0 radical (unpaired) electrons. The summed E-state index contributed by atoms with van der Waals surface area (Å²) in [5, 5.41) is 2.80. The van der Waals surface area contributed by atoms with Crippen LogP contribution in [0, 0.1) is 5.82 Å². The zero-order valence-corrected chi connectivity index (χ0v) is 10.0. The van der Waals surface area contributed by atoms with Gasteiger partial charge in [-0.1, -0.05) is 6.92 Å². The van der Waals surface area contributed by atoms with Gasteiger partial charge in [0.05, 0.1) is 6.61 Å². The Morgan fingerprint density at radius 1 is 1.35 bits per heavy atom. The summed E-state index contributed by atoms with van der Waals surface area (Å²) in [5.74, 6) is 0.449. The van der Waals surface area contributed by atoms with E-state index in [0.29, 0.717) is 25.3 Å². The first kappa shape index (κ1) is 13.5. The summed E-state index contributed by atoms with van der Waals surface area (Å²) in [4.78, 5) is 11.1. The highest BCUT2D eigenvalue weighted by atomic mass is 19.1. The fourth-order valence-electron chi connectivity index (χ4n) is 1.34. The molecular formula is C13H18FNO2. The molecule has 0 saturated heterocycles. The quantitative estimate of drug-likeness (QED) is 0.742. The molecule has 0 aliphatic heterocycles. The van der Waals surface area contributed by atoms with E-state index in [9.17, 15) is 9.18 Å². The van der Waals surface area contributed by atoms with Crippen molar-refractivity contribution in [3.63, 3.8) is 0 Å². The number of rotatable bonds is 7. The standard InChI is InChI=1S/C13H18FNO2/c1-2-4-13(16)15-9-3-10-17-12-7-5-11(14)6-8-12/h5-8H,2-4,9-10H2,1H3,(H,15,16). The first-order chi connectivity index (χ1) is 8.22. The number of carbonyl (C=O) groups excluding carboxylic acids is 1. The molecule has 17 heavy (non-hydrogen) atoms. The first-order valence-electron chi connectivity index (χ1n) is 5.87. The normalized spacial score (nSPS) is 10.0. The van der Waals surface area contributed by atoms with E-state index < -0.39 is 0 Å². The molecule has 94 valence electrons. The number of ether oxygens (including phenoxy) is 1. The molecular weight excluding hydrogens is 221 g/mol. The van der Waals surface area contributed by atoms with Crippen LogP contribution in [0.1, 0.15) is 26.2 Å². The number of hydrogen-bond acceptors (Lipinski definition) is 2. The highest BCUT2D eigenvalue weighted by molar-refractivity contribution is 5.75. The molecule has 1 aromatic carbocycles. The molecule has 3 nitrogen and oxygen atoms in total. The van der Waals surface area contributed by atoms with Gasteiger partial charge < -0.3 is 10.1 Å². The lowest BCUT2D eigenvalue weighted by Gasteiger charge is -2.07. The minimum Gasteiger partial charge on any atom is -0.494 e. The molecule has 0 unspecified atom stereocenters. The van der Waals surface area contributed by atoms with Crippen LogP contribution in [0.2, 0.25) is 0 Å². The average molecular weight is 239 g/mol. The highest BCUT2D eigenvalue weighted by Gasteiger charge is 1.98. The zero-order valence-electron chi connectivity index (χ0n) is 10.0. The van der Waals surface area contributed by atoms with E-state index in [1.54, 1.807) is 12.1 Å². The van der Waals surface area contributed by atoms with Crippen LogP contribution in [0.15, 0.2) is 24.3 Å². The van der Waals surface area contributed by atoms with Crippen LogP contribution in [-0.4, -0.2) is 19.1 Å². The number of benzene rings is 1. The van der Waals surface area contributed by atoms with Crippen molar-refractivity contribution < 1.29 is 13.9 Å². The molecule has 1 aromatic rings. The van der Waals surface area contributed by atoms with Crippen molar-refractivity contribution in [2.24, 2.45) is 0 Å². The number of nitrogens with one attached hydrogen (secondary N) is 1. The van der Waals surface area contributed by atoms with Gasteiger partial charge in [-0.3, -0.25) is 4.79 Å². The Kier molecular flexibility index (Phi) is 6.07.